The number of allylic oxidation sites excluding steroid dienone is 2. The van der Waals surface area contributed by atoms with Crippen molar-refractivity contribution in [2.45, 2.75) is 46.0 Å². The van der Waals surface area contributed by atoms with Crippen LogP contribution in [0, 0.1) is 35.2 Å². The molecule has 1 fully saturated rings. The molecular formula is C25H27F3O. The summed E-state index contributed by atoms with van der Waals surface area (Å²) >= 11 is 0. The molecule has 1 saturated carbocycles. The van der Waals surface area contributed by atoms with Gasteiger partial charge in [-0.1, -0.05) is 38.0 Å². The Morgan fingerprint density at radius 2 is 1.76 bits per heavy atom. The number of fused-ring (bicyclic) bond motifs is 1. The quantitative estimate of drug-likeness (QED) is 0.491. The molecule has 29 heavy (non-hydrogen) atoms. The van der Waals surface area contributed by atoms with Gasteiger partial charge >= 0.3 is 0 Å². The van der Waals surface area contributed by atoms with Crippen LogP contribution in [0.3, 0.4) is 0 Å². The van der Waals surface area contributed by atoms with E-state index in [4.69, 9.17) is 4.74 Å². The van der Waals surface area contributed by atoms with Crippen LogP contribution in [0.15, 0.2) is 36.4 Å². The molecule has 3 atom stereocenters. The van der Waals surface area contributed by atoms with E-state index in [-0.39, 0.29) is 23.5 Å². The van der Waals surface area contributed by atoms with Gasteiger partial charge in [-0.2, -0.15) is 4.39 Å². The molecule has 0 N–H and O–H groups in total. The molecule has 2 aromatic carbocycles. The van der Waals surface area contributed by atoms with Crippen molar-refractivity contribution in [2.75, 3.05) is 6.61 Å². The first-order valence-corrected chi connectivity index (χ1v) is 10.7. The van der Waals surface area contributed by atoms with Crippen molar-refractivity contribution in [2.24, 2.45) is 17.8 Å². The SMILES string of the molecule is CCCC1CCC2C(c3ccc(-c4ccc(OCC)c(F)c4F)c(F)c3)=CCC12. The minimum absolute atomic E-state index is 0.0682. The number of hydrogen-bond donors (Lipinski definition) is 0. The van der Waals surface area contributed by atoms with Crippen LogP contribution in [-0.2, 0) is 0 Å². The molecule has 0 aliphatic heterocycles. The highest BCUT2D eigenvalue weighted by molar-refractivity contribution is 5.74. The molecule has 2 aromatic rings. The van der Waals surface area contributed by atoms with E-state index < -0.39 is 17.5 Å². The highest BCUT2D eigenvalue weighted by atomic mass is 19.2. The molecule has 0 bridgehead atoms. The standard InChI is InChI=1S/C25H27F3O/c1-3-5-15-6-8-19-17(15)10-11-18(19)16-7-9-20(22(26)14-16)21-12-13-23(29-4-2)25(28)24(21)27/h7,9,11-15,17,19H,3-6,8,10H2,1-2H3. The average Bonchev–Trinajstić information content (AvgIpc) is 3.30. The smallest absolute Gasteiger partial charge is 0.201 e. The molecule has 2 aliphatic rings. The second kappa shape index (κ2) is 8.25. The number of benzene rings is 2. The topological polar surface area (TPSA) is 9.23 Å². The number of halogens is 3. The largest absolute Gasteiger partial charge is 0.491 e. The van der Waals surface area contributed by atoms with Crippen LogP contribution >= 0.6 is 0 Å². The summed E-state index contributed by atoms with van der Waals surface area (Å²) in [5.41, 5.74) is 2.07. The summed E-state index contributed by atoms with van der Waals surface area (Å²) in [5.74, 6) is -0.915. The zero-order valence-electron chi connectivity index (χ0n) is 17.0. The zero-order chi connectivity index (χ0) is 20.5. The molecular weight excluding hydrogens is 373 g/mol. The van der Waals surface area contributed by atoms with Gasteiger partial charge in [0.05, 0.1) is 6.61 Å². The third-order valence-corrected chi connectivity index (χ3v) is 6.58. The highest BCUT2D eigenvalue weighted by Gasteiger charge is 2.40. The van der Waals surface area contributed by atoms with Crippen LogP contribution < -0.4 is 4.74 Å². The van der Waals surface area contributed by atoms with E-state index >= 15 is 0 Å². The molecule has 1 nitrogen and oxygen atoms in total. The second-order valence-corrected chi connectivity index (χ2v) is 8.16. The van der Waals surface area contributed by atoms with Gasteiger partial charge in [-0.25, -0.2) is 8.78 Å². The minimum atomic E-state index is -1.08. The third kappa shape index (κ3) is 3.58. The van der Waals surface area contributed by atoms with Crippen molar-refractivity contribution in [3.8, 4) is 16.9 Å². The molecule has 0 aromatic heterocycles. The Kier molecular flexibility index (Phi) is 5.71. The van der Waals surface area contributed by atoms with Crippen molar-refractivity contribution in [1.82, 2.24) is 0 Å². The third-order valence-electron chi connectivity index (χ3n) is 6.58. The van der Waals surface area contributed by atoms with Crippen LogP contribution in [0.2, 0.25) is 0 Å². The van der Waals surface area contributed by atoms with Crippen molar-refractivity contribution < 1.29 is 17.9 Å². The van der Waals surface area contributed by atoms with Gasteiger partial charge in [0.2, 0.25) is 5.82 Å². The Morgan fingerprint density at radius 1 is 0.966 bits per heavy atom. The van der Waals surface area contributed by atoms with Gasteiger partial charge in [0, 0.05) is 11.1 Å². The van der Waals surface area contributed by atoms with E-state index in [1.807, 2.05) is 6.07 Å². The molecule has 4 rings (SSSR count). The lowest BCUT2D eigenvalue weighted by molar-refractivity contribution is 0.314. The lowest BCUT2D eigenvalue weighted by Gasteiger charge is -2.20. The molecule has 154 valence electrons. The van der Waals surface area contributed by atoms with E-state index in [9.17, 15) is 13.2 Å². The van der Waals surface area contributed by atoms with E-state index in [0.717, 1.165) is 24.3 Å². The predicted molar refractivity (Wildman–Crippen MR) is 110 cm³/mol. The normalized spacial score (nSPS) is 23.2. The van der Waals surface area contributed by atoms with Crippen molar-refractivity contribution in [3.05, 3.63) is 59.4 Å². The van der Waals surface area contributed by atoms with Gasteiger partial charge in [0.25, 0.3) is 0 Å². The Morgan fingerprint density at radius 3 is 2.48 bits per heavy atom. The van der Waals surface area contributed by atoms with Crippen LogP contribution in [-0.4, -0.2) is 6.61 Å². The summed E-state index contributed by atoms with van der Waals surface area (Å²) < 4.78 is 48.7. The molecule has 0 amide bonds. The van der Waals surface area contributed by atoms with Crippen LogP contribution in [0.25, 0.3) is 16.7 Å². The number of ether oxygens (including phenoxy) is 1. The Hall–Kier alpha value is -2.23. The van der Waals surface area contributed by atoms with Gasteiger partial charge in [-0.15, -0.1) is 0 Å². The summed E-state index contributed by atoms with van der Waals surface area (Å²) in [6, 6.07) is 7.60. The average molecular weight is 400 g/mol. The molecule has 0 radical (unpaired) electrons. The van der Waals surface area contributed by atoms with E-state index in [2.05, 4.69) is 13.0 Å². The van der Waals surface area contributed by atoms with Gasteiger partial charge in [-0.05, 0) is 73.3 Å². The monoisotopic (exact) mass is 400 g/mol. The lowest BCUT2D eigenvalue weighted by atomic mass is 9.85. The predicted octanol–water partition coefficient (Wildman–Crippen LogP) is 7.40. The maximum Gasteiger partial charge on any atom is 0.201 e. The Bertz CT molecular complexity index is 934. The first-order chi connectivity index (χ1) is 14.0. The summed E-state index contributed by atoms with van der Waals surface area (Å²) in [6.45, 7) is 4.16. The summed E-state index contributed by atoms with van der Waals surface area (Å²) in [4.78, 5) is 0. The van der Waals surface area contributed by atoms with Crippen LogP contribution in [0.1, 0.15) is 51.5 Å². The van der Waals surface area contributed by atoms with Crippen LogP contribution in [0.4, 0.5) is 13.2 Å². The summed E-state index contributed by atoms with van der Waals surface area (Å²) in [5, 5.41) is 0. The minimum Gasteiger partial charge on any atom is -0.491 e. The summed E-state index contributed by atoms with van der Waals surface area (Å²) in [7, 11) is 0. The second-order valence-electron chi connectivity index (χ2n) is 8.16. The Balaban J connectivity index is 1.61. The fraction of sp³-hybridized carbons (Fsp3) is 0.440. The number of hydrogen-bond acceptors (Lipinski definition) is 1. The lowest BCUT2D eigenvalue weighted by Crippen LogP contribution is -2.11. The molecule has 4 heteroatoms. The molecule has 0 saturated heterocycles. The highest BCUT2D eigenvalue weighted by Crippen LogP contribution is 2.52. The molecule has 3 unspecified atom stereocenters. The van der Waals surface area contributed by atoms with Gasteiger partial charge in [-0.3, -0.25) is 0 Å². The summed E-state index contributed by atoms with van der Waals surface area (Å²) in [6.07, 6.45) is 8.19. The van der Waals surface area contributed by atoms with E-state index in [1.54, 1.807) is 13.0 Å². The molecule has 2 aliphatic carbocycles. The van der Waals surface area contributed by atoms with Gasteiger partial charge < -0.3 is 4.74 Å². The fourth-order valence-corrected chi connectivity index (χ4v) is 5.29. The van der Waals surface area contributed by atoms with Crippen molar-refractivity contribution in [1.29, 1.82) is 0 Å². The van der Waals surface area contributed by atoms with Gasteiger partial charge in [0.1, 0.15) is 5.82 Å². The van der Waals surface area contributed by atoms with Crippen molar-refractivity contribution in [3.63, 3.8) is 0 Å². The maximum atomic E-state index is 14.9. The first kappa shape index (κ1) is 20.1. The van der Waals surface area contributed by atoms with Gasteiger partial charge in [0.15, 0.2) is 11.6 Å². The zero-order valence-corrected chi connectivity index (χ0v) is 17.0. The first-order valence-electron chi connectivity index (χ1n) is 10.7. The molecule has 0 heterocycles. The maximum absolute atomic E-state index is 14.9. The van der Waals surface area contributed by atoms with Crippen molar-refractivity contribution >= 4 is 5.57 Å². The Labute approximate surface area is 170 Å². The van der Waals surface area contributed by atoms with E-state index in [0.29, 0.717) is 11.8 Å². The molecule has 0 spiro atoms. The van der Waals surface area contributed by atoms with E-state index in [1.165, 1.54) is 43.0 Å². The van der Waals surface area contributed by atoms with Crippen LogP contribution in [0.5, 0.6) is 5.75 Å². The number of rotatable bonds is 6. The fourth-order valence-electron chi connectivity index (χ4n) is 5.29.